The van der Waals surface area contributed by atoms with Gasteiger partial charge in [-0.3, -0.25) is 4.79 Å². The molecule has 0 aromatic heterocycles. The fourth-order valence-corrected chi connectivity index (χ4v) is 1.52. The molecule has 0 saturated carbocycles. The second kappa shape index (κ2) is 6.28. The lowest BCUT2D eigenvalue weighted by atomic mass is 10.1. The van der Waals surface area contributed by atoms with Crippen LogP contribution in [0.15, 0.2) is 24.3 Å². The Morgan fingerprint density at radius 2 is 1.95 bits per heavy atom. The Morgan fingerprint density at radius 1 is 1.37 bits per heavy atom. The van der Waals surface area contributed by atoms with Crippen molar-refractivity contribution in [3.63, 3.8) is 0 Å². The van der Waals surface area contributed by atoms with Crippen molar-refractivity contribution >= 4 is 5.91 Å². The van der Waals surface area contributed by atoms with Gasteiger partial charge in [0, 0.05) is 18.0 Å². The highest BCUT2D eigenvalue weighted by Gasteiger charge is 2.30. The van der Waals surface area contributed by atoms with Crippen molar-refractivity contribution in [3.05, 3.63) is 35.4 Å². The van der Waals surface area contributed by atoms with Crippen LogP contribution < -0.4 is 5.32 Å². The summed E-state index contributed by atoms with van der Waals surface area (Å²) in [7, 11) is 0. The number of rotatable bonds is 4. The molecule has 0 saturated heterocycles. The fraction of sp³-hybridized carbons (Fsp3) is 0.357. The summed E-state index contributed by atoms with van der Waals surface area (Å²) in [6, 6.07) is 3.91. The molecule has 0 spiro atoms. The average Bonchev–Trinajstić information content (AvgIpc) is 2.37. The first kappa shape index (κ1) is 15.1. The molecule has 19 heavy (non-hydrogen) atoms. The van der Waals surface area contributed by atoms with Gasteiger partial charge in [0.15, 0.2) is 0 Å². The number of hydrogen-bond donors (Lipinski definition) is 1. The molecular formula is C14H14F3NO. The minimum atomic E-state index is -4.40. The fourth-order valence-electron chi connectivity index (χ4n) is 1.52. The van der Waals surface area contributed by atoms with Gasteiger partial charge in [-0.05, 0) is 30.7 Å². The molecule has 0 heterocycles. The van der Waals surface area contributed by atoms with E-state index in [-0.39, 0.29) is 11.6 Å². The van der Waals surface area contributed by atoms with E-state index in [1.807, 2.05) is 6.92 Å². The van der Waals surface area contributed by atoms with Crippen molar-refractivity contribution in [3.8, 4) is 12.3 Å². The van der Waals surface area contributed by atoms with Crippen molar-refractivity contribution in [2.45, 2.75) is 32.0 Å². The molecule has 5 heteroatoms. The van der Waals surface area contributed by atoms with E-state index in [2.05, 4.69) is 11.2 Å². The quantitative estimate of drug-likeness (QED) is 0.835. The lowest BCUT2D eigenvalue weighted by molar-refractivity contribution is -0.137. The normalized spacial score (nSPS) is 12.6. The third-order valence-electron chi connectivity index (χ3n) is 2.67. The molecule has 1 rings (SSSR count). The Bertz CT molecular complexity index is 471. The lowest BCUT2D eigenvalue weighted by Crippen LogP contribution is -2.34. The second-order valence-corrected chi connectivity index (χ2v) is 4.06. The second-order valence-electron chi connectivity index (χ2n) is 4.06. The van der Waals surface area contributed by atoms with Crippen LogP contribution >= 0.6 is 0 Å². The van der Waals surface area contributed by atoms with Gasteiger partial charge >= 0.3 is 6.18 Å². The van der Waals surface area contributed by atoms with Gasteiger partial charge < -0.3 is 5.32 Å². The van der Waals surface area contributed by atoms with E-state index in [9.17, 15) is 18.0 Å². The first-order chi connectivity index (χ1) is 8.88. The summed E-state index contributed by atoms with van der Waals surface area (Å²) in [4.78, 5) is 11.8. The van der Waals surface area contributed by atoms with Crippen molar-refractivity contribution in [2.24, 2.45) is 0 Å². The Morgan fingerprint density at radius 3 is 2.37 bits per heavy atom. The van der Waals surface area contributed by atoms with E-state index in [1.54, 1.807) is 0 Å². The van der Waals surface area contributed by atoms with Crippen LogP contribution in [0.4, 0.5) is 13.2 Å². The first-order valence-electron chi connectivity index (χ1n) is 5.80. The lowest BCUT2D eigenvalue weighted by Gasteiger charge is -2.14. The number of amides is 1. The number of alkyl halides is 3. The van der Waals surface area contributed by atoms with Crippen molar-refractivity contribution in [1.82, 2.24) is 5.32 Å². The molecule has 0 aliphatic rings. The molecule has 0 bridgehead atoms. The van der Waals surface area contributed by atoms with E-state index in [0.717, 1.165) is 24.3 Å². The van der Waals surface area contributed by atoms with Gasteiger partial charge in [-0.1, -0.05) is 6.92 Å². The highest BCUT2D eigenvalue weighted by molar-refractivity contribution is 5.94. The smallest absolute Gasteiger partial charge is 0.348 e. The molecule has 1 N–H and O–H groups in total. The Kier molecular flexibility index (Phi) is 4.99. The van der Waals surface area contributed by atoms with Crippen LogP contribution in [0.1, 0.15) is 35.7 Å². The first-order valence-corrected chi connectivity index (χ1v) is 5.80. The molecule has 2 nitrogen and oxygen atoms in total. The van der Waals surface area contributed by atoms with Gasteiger partial charge in [0.05, 0.1) is 5.56 Å². The van der Waals surface area contributed by atoms with Gasteiger partial charge in [-0.2, -0.15) is 13.2 Å². The van der Waals surface area contributed by atoms with E-state index < -0.39 is 17.6 Å². The Hall–Kier alpha value is -1.96. The van der Waals surface area contributed by atoms with E-state index >= 15 is 0 Å². The Balaban J connectivity index is 2.76. The summed E-state index contributed by atoms with van der Waals surface area (Å²) in [6.45, 7) is 1.87. The summed E-state index contributed by atoms with van der Waals surface area (Å²) in [6.07, 6.45) is 1.82. The van der Waals surface area contributed by atoms with Crippen molar-refractivity contribution in [2.75, 3.05) is 0 Å². The summed E-state index contributed by atoms with van der Waals surface area (Å²) in [5.41, 5.74) is -0.594. The Labute approximate surface area is 110 Å². The van der Waals surface area contributed by atoms with Crippen LogP contribution in [-0.2, 0) is 6.18 Å². The van der Waals surface area contributed by atoms with Crippen molar-refractivity contribution in [1.29, 1.82) is 0 Å². The number of carbonyl (C=O) groups excluding carboxylic acids is 1. The number of benzene rings is 1. The molecule has 1 aromatic carbocycles. The van der Waals surface area contributed by atoms with Gasteiger partial charge in [-0.15, -0.1) is 12.3 Å². The number of carbonyl (C=O) groups is 1. The third kappa shape index (κ3) is 4.32. The molecular weight excluding hydrogens is 255 g/mol. The van der Waals surface area contributed by atoms with Crippen LogP contribution in [0.25, 0.3) is 0 Å². The predicted octanol–water partition coefficient (Wildman–Crippen LogP) is 3.24. The van der Waals surface area contributed by atoms with Gasteiger partial charge in [0.25, 0.3) is 5.91 Å². The molecule has 1 amide bonds. The zero-order valence-electron chi connectivity index (χ0n) is 10.4. The predicted molar refractivity (Wildman–Crippen MR) is 66.4 cm³/mol. The summed E-state index contributed by atoms with van der Waals surface area (Å²) >= 11 is 0. The monoisotopic (exact) mass is 269 g/mol. The van der Waals surface area contributed by atoms with Crippen LogP contribution in [0.3, 0.4) is 0 Å². The molecule has 1 aromatic rings. The molecule has 1 atom stereocenters. The standard InChI is InChI=1S/C14H14F3NO/c1-3-5-12(4-2)18-13(19)10-6-8-11(9-7-10)14(15,16)17/h1,6-9,12H,4-5H2,2H3,(H,18,19). The molecule has 0 aliphatic carbocycles. The third-order valence-corrected chi connectivity index (χ3v) is 2.67. The molecule has 102 valence electrons. The maximum atomic E-state index is 12.4. The zero-order chi connectivity index (χ0) is 14.5. The van der Waals surface area contributed by atoms with Crippen LogP contribution in [0.2, 0.25) is 0 Å². The molecule has 0 radical (unpaired) electrons. The maximum Gasteiger partial charge on any atom is 0.416 e. The van der Waals surface area contributed by atoms with E-state index in [4.69, 9.17) is 6.42 Å². The molecule has 0 aliphatic heterocycles. The maximum absolute atomic E-state index is 12.4. The number of terminal acetylenes is 1. The van der Waals surface area contributed by atoms with Gasteiger partial charge in [0.2, 0.25) is 0 Å². The molecule has 1 unspecified atom stereocenters. The minimum Gasteiger partial charge on any atom is -0.348 e. The largest absolute Gasteiger partial charge is 0.416 e. The van der Waals surface area contributed by atoms with Gasteiger partial charge in [-0.25, -0.2) is 0 Å². The highest BCUT2D eigenvalue weighted by Crippen LogP contribution is 2.29. The van der Waals surface area contributed by atoms with Gasteiger partial charge in [0.1, 0.15) is 0 Å². The van der Waals surface area contributed by atoms with E-state index in [1.165, 1.54) is 0 Å². The summed E-state index contributed by atoms with van der Waals surface area (Å²) in [5, 5.41) is 2.68. The number of hydrogen-bond acceptors (Lipinski definition) is 1. The van der Waals surface area contributed by atoms with Crippen LogP contribution in [0, 0.1) is 12.3 Å². The highest BCUT2D eigenvalue weighted by atomic mass is 19.4. The molecule has 0 fully saturated rings. The average molecular weight is 269 g/mol. The SMILES string of the molecule is C#CCC(CC)NC(=O)c1ccc(C(F)(F)F)cc1. The summed E-state index contributed by atoms with van der Waals surface area (Å²) < 4.78 is 37.1. The van der Waals surface area contributed by atoms with E-state index in [0.29, 0.717) is 12.8 Å². The number of halogens is 3. The topological polar surface area (TPSA) is 29.1 Å². The van der Waals surface area contributed by atoms with Crippen LogP contribution in [0.5, 0.6) is 0 Å². The van der Waals surface area contributed by atoms with Crippen LogP contribution in [-0.4, -0.2) is 11.9 Å². The zero-order valence-corrected chi connectivity index (χ0v) is 10.4. The van der Waals surface area contributed by atoms with Crippen molar-refractivity contribution < 1.29 is 18.0 Å². The number of nitrogens with one attached hydrogen (secondary N) is 1. The minimum absolute atomic E-state index is 0.167. The summed E-state index contributed by atoms with van der Waals surface area (Å²) in [5.74, 6) is 2.02.